The minimum atomic E-state index is -1.49. The number of carbonyl (C=O) groups excluding carboxylic acids is 4. The van der Waals surface area contributed by atoms with Crippen molar-refractivity contribution in [1.82, 2.24) is 20.9 Å². The number of aromatic amines is 1. The second-order valence-electron chi connectivity index (χ2n) is 10.3. The summed E-state index contributed by atoms with van der Waals surface area (Å²) in [7, 11) is 0. The van der Waals surface area contributed by atoms with Crippen molar-refractivity contribution in [2.24, 2.45) is 17.4 Å². The average Bonchev–Trinajstić information content (AvgIpc) is 3.30. The maximum Gasteiger partial charge on any atom is 0.326 e. The van der Waals surface area contributed by atoms with Crippen LogP contribution in [0.25, 0.3) is 10.9 Å². The fourth-order valence-corrected chi connectivity index (χ4v) is 4.24. The van der Waals surface area contributed by atoms with Gasteiger partial charge in [-0.2, -0.15) is 0 Å². The maximum absolute atomic E-state index is 13.2. The third-order valence-electron chi connectivity index (χ3n) is 6.37. The summed E-state index contributed by atoms with van der Waals surface area (Å²) < 4.78 is 0. The molecular weight excluding hydrogens is 536 g/mol. The van der Waals surface area contributed by atoms with Gasteiger partial charge < -0.3 is 42.6 Å². The molecule has 1 aromatic heterocycles. The van der Waals surface area contributed by atoms with Crippen molar-refractivity contribution in [2.45, 2.75) is 76.5 Å². The number of H-pyrrole nitrogens is 1. The van der Waals surface area contributed by atoms with Crippen LogP contribution in [0.2, 0.25) is 0 Å². The number of carboxylic acids is 2. The Labute approximate surface area is 236 Å². The predicted molar refractivity (Wildman–Crippen MR) is 148 cm³/mol. The second kappa shape index (κ2) is 15.4. The Bertz CT molecular complexity index is 1260. The molecule has 0 saturated carbocycles. The van der Waals surface area contributed by atoms with E-state index in [0.29, 0.717) is 0 Å². The van der Waals surface area contributed by atoms with Crippen LogP contribution in [-0.2, 0) is 35.2 Å². The standard InChI is InChI=1S/C27H38N6O8/c1-14(2)11-21(33-24(37)17(28)12-15-13-30-18-6-4-3-5-16(15)18)26(39)31-19(8-10-23(35)36)25(38)32-20(27(40)41)7-9-22(29)34/h3-6,13-14,17,19-21,30H,7-12,28H2,1-2H3,(H2,29,34)(H,31,39)(H,32,38)(H,33,37)(H,35,36)(H,40,41). The number of carbonyl (C=O) groups is 6. The molecule has 0 saturated heterocycles. The zero-order valence-electron chi connectivity index (χ0n) is 23.0. The molecule has 0 fully saturated rings. The molecule has 0 spiro atoms. The van der Waals surface area contributed by atoms with Crippen molar-refractivity contribution in [3.8, 4) is 0 Å². The lowest BCUT2D eigenvalue weighted by atomic mass is 10.0. The summed E-state index contributed by atoms with van der Waals surface area (Å²) in [6.07, 6.45) is 0.667. The number of hydrogen-bond acceptors (Lipinski definition) is 7. The first-order chi connectivity index (χ1) is 19.3. The number of benzene rings is 1. The fourth-order valence-electron chi connectivity index (χ4n) is 4.24. The van der Waals surface area contributed by atoms with E-state index in [9.17, 15) is 33.9 Å². The highest BCUT2D eigenvalue weighted by molar-refractivity contribution is 5.94. The highest BCUT2D eigenvalue weighted by Crippen LogP contribution is 2.19. The van der Waals surface area contributed by atoms with E-state index in [-0.39, 0.29) is 38.0 Å². The summed E-state index contributed by atoms with van der Waals surface area (Å²) in [5.74, 6) is -5.82. The Kier molecular flexibility index (Phi) is 12.3. The number of aromatic nitrogens is 1. The first kappa shape index (κ1) is 32.8. The van der Waals surface area contributed by atoms with Gasteiger partial charge in [-0.25, -0.2) is 4.79 Å². The van der Waals surface area contributed by atoms with Gasteiger partial charge >= 0.3 is 11.9 Å². The number of fused-ring (bicyclic) bond motifs is 1. The SMILES string of the molecule is CC(C)CC(NC(=O)C(N)Cc1c[nH]c2ccccc12)C(=O)NC(CCC(=O)O)C(=O)NC(CCC(N)=O)C(=O)O. The van der Waals surface area contributed by atoms with Gasteiger partial charge in [0.15, 0.2) is 0 Å². The van der Waals surface area contributed by atoms with Crippen LogP contribution < -0.4 is 27.4 Å². The first-order valence-corrected chi connectivity index (χ1v) is 13.2. The topological polar surface area (TPSA) is 247 Å². The zero-order valence-corrected chi connectivity index (χ0v) is 23.0. The van der Waals surface area contributed by atoms with E-state index >= 15 is 0 Å². The van der Waals surface area contributed by atoms with E-state index in [0.717, 1.165) is 16.5 Å². The lowest BCUT2D eigenvalue weighted by molar-refractivity contribution is -0.143. The van der Waals surface area contributed by atoms with Gasteiger partial charge in [0.1, 0.15) is 18.1 Å². The van der Waals surface area contributed by atoms with Crippen molar-refractivity contribution in [1.29, 1.82) is 0 Å². The van der Waals surface area contributed by atoms with Gasteiger partial charge in [0, 0.05) is 29.9 Å². The molecule has 2 aromatic rings. The fraction of sp³-hybridized carbons (Fsp3) is 0.481. The number of rotatable bonds is 17. The third kappa shape index (κ3) is 10.6. The van der Waals surface area contributed by atoms with Crippen LogP contribution in [0.1, 0.15) is 51.5 Å². The molecule has 41 heavy (non-hydrogen) atoms. The number of aliphatic carboxylic acids is 2. The molecule has 14 nitrogen and oxygen atoms in total. The summed E-state index contributed by atoms with van der Waals surface area (Å²) in [6.45, 7) is 3.65. The number of carboxylic acid groups (broad SMARTS) is 2. The van der Waals surface area contributed by atoms with Crippen LogP contribution in [0.15, 0.2) is 30.5 Å². The smallest absolute Gasteiger partial charge is 0.326 e. The number of amides is 4. The van der Waals surface area contributed by atoms with E-state index in [2.05, 4.69) is 20.9 Å². The molecule has 4 unspecified atom stereocenters. The van der Waals surface area contributed by atoms with Crippen molar-refractivity contribution in [3.63, 3.8) is 0 Å². The third-order valence-corrected chi connectivity index (χ3v) is 6.37. The van der Waals surface area contributed by atoms with Crippen molar-refractivity contribution in [2.75, 3.05) is 0 Å². The Morgan fingerprint density at radius 2 is 1.44 bits per heavy atom. The molecule has 0 aliphatic rings. The quantitative estimate of drug-likeness (QED) is 0.124. The number of hydrogen-bond donors (Lipinski definition) is 8. The van der Waals surface area contributed by atoms with Gasteiger partial charge in [-0.05, 0) is 43.2 Å². The molecule has 10 N–H and O–H groups in total. The first-order valence-electron chi connectivity index (χ1n) is 13.2. The molecule has 2 rings (SSSR count). The number of primary amides is 1. The molecule has 0 aliphatic carbocycles. The Morgan fingerprint density at radius 1 is 0.854 bits per heavy atom. The van der Waals surface area contributed by atoms with Gasteiger partial charge in [-0.3, -0.25) is 24.0 Å². The highest BCUT2D eigenvalue weighted by atomic mass is 16.4. The molecule has 4 atom stereocenters. The van der Waals surface area contributed by atoms with Crippen LogP contribution in [0.3, 0.4) is 0 Å². The molecule has 1 heterocycles. The average molecular weight is 575 g/mol. The minimum Gasteiger partial charge on any atom is -0.481 e. The summed E-state index contributed by atoms with van der Waals surface area (Å²) in [5.41, 5.74) is 12.9. The summed E-state index contributed by atoms with van der Waals surface area (Å²) in [4.78, 5) is 76.0. The minimum absolute atomic E-state index is 0.0626. The van der Waals surface area contributed by atoms with Gasteiger partial charge in [0.05, 0.1) is 6.04 Å². The summed E-state index contributed by atoms with van der Waals surface area (Å²) in [5, 5.41) is 26.7. The molecule has 4 amide bonds. The number of para-hydroxylation sites is 1. The van der Waals surface area contributed by atoms with Crippen molar-refractivity contribution < 1.29 is 39.0 Å². The zero-order chi connectivity index (χ0) is 30.7. The van der Waals surface area contributed by atoms with Crippen LogP contribution >= 0.6 is 0 Å². The Morgan fingerprint density at radius 3 is 2.05 bits per heavy atom. The van der Waals surface area contributed by atoms with Crippen LogP contribution in [0.4, 0.5) is 0 Å². The molecular formula is C27H38N6O8. The van der Waals surface area contributed by atoms with Crippen molar-refractivity contribution in [3.05, 3.63) is 36.0 Å². The van der Waals surface area contributed by atoms with Crippen LogP contribution in [-0.4, -0.2) is 74.9 Å². The lowest BCUT2D eigenvalue weighted by Gasteiger charge is -2.26. The van der Waals surface area contributed by atoms with Crippen LogP contribution in [0.5, 0.6) is 0 Å². The van der Waals surface area contributed by atoms with Gasteiger partial charge in [-0.1, -0.05) is 32.0 Å². The largest absolute Gasteiger partial charge is 0.481 e. The lowest BCUT2D eigenvalue weighted by Crippen LogP contribution is -2.57. The van der Waals surface area contributed by atoms with E-state index in [1.54, 1.807) is 6.20 Å². The Hall–Kier alpha value is -4.46. The molecule has 0 bridgehead atoms. The number of nitrogens with two attached hydrogens (primary N) is 2. The predicted octanol–water partition coefficient (Wildman–Crippen LogP) is -0.247. The monoisotopic (exact) mass is 574 g/mol. The molecule has 224 valence electrons. The van der Waals surface area contributed by atoms with E-state index in [1.807, 2.05) is 38.1 Å². The maximum atomic E-state index is 13.2. The normalized spacial score (nSPS) is 14.0. The Balaban J connectivity index is 2.14. The summed E-state index contributed by atoms with van der Waals surface area (Å²) >= 11 is 0. The van der Waals surface area contributed by atoms with E-state index in [1.165, 1.54) is 0 Å². The van der Waals surface area contributed by atoms with Crippen LogP contribution in [0, 0.1) is 5.92 Å². The van der Waals surface area contributed by atoms with Gasteiger partial charge in [0.25, 0.3) is 0 Å². The van der Waals surface area contributed by atoms with Gasteiger partial charge in [0.2, 0.25) is 23.6 Å². The van der Waals surface area contributed by atoms with E-state index < -0.39 is 66.2 Å². The van der Waals surface area contributed by atoms with Crippen molar-refractivity contribution >= 4 is 46.5 Å². The molecule has 14 heteroatoms. The molecule has 1 aromatic carbocycles. The molecule has 0 radical (unpaired) electrons. The number of nitrogens with one attached hydrogen (secondary N) is 4. The molecule has 0 aliphatic heterocycles. The highest BCUT2D eigenvalue weighted by Gasteiger charge is 2.31. The van der Waals surface area contributed by atoms with Gasteiger partial charge in [-0.15, -0.1) is 0 Å². The summed E-state index contributed by atoms with van der Waals surface area (Å²) in [6, 6.07) is 2.49. The second-order valence-corrected chi connectivity index (χ2v) is 10.3. The van der Waals surface area contributed by atoms with E-state index in [4.69, 9.17) is 16.6 Å².